The molecule has 0 aliphatic carbocycles. The molecule has 37 heavy (non-hydrogen) atoms. The van der Waals surface area contributed by atoms with Gasteiger partial charge in [-0.1, -0.05) is 12.1 Å². The first-order valence-electron chi connectivity index (χ1n) is 12.8. The van der Waals surface area contributed by atoms with E-state index in [9.17, 15) is 13.2 Å². The van der Waals surface area contributed by atoms with Gasteiger partial charge in [-0.05, 0) is 45.0 Å². The Bertz CT molecular complexity index is 1140. The van der Waals surface area contributed by atoms with Crippen LogP contribution >= 0.6 is 0 Å². The molecule has 2 fully saturated rings. The number of anilines is 2. The van der Waals surface area contributed by atoms with Crippen molar-refractivity contribution in [3.05, 3.63) is 41.1 Å². The van der Waals surface area contributed by atoms with E-state index in [4.69, 9.17) is 20.0 Å². The lowest BCUT2D eigenvalue weighted by atomic mass is 10.0. The summed E-state index contributed by atoms with van der Waals surface area (Å²) in [6.45, 7) is 5.54. The summed E-state index contributed by atoms with van der Waals surface area (Å²) in [5.74, 6) is 0.806. The lowest BCUT2D eigenvalue weighted by Crippen LogP contribution is -2.47. The third kappa shape index (κ3) is 5.60. The Balaban J connectivity index is 1.43. The number of hydrogen-bond acceptors (Lipinski definition) is 8. The largest absolute Gasteiger partial charge is 0.462 e. The molecule has 3 aliphatic heterocycles. The summed E-state index contributed by atoms with van der Waals surface area (Å²) in [6.07, 6.45) is -1.71. The van der Waals surface area contributed by atoms with Gasteiger partial charge in [-0.15, -0.1) is 0 Å². The number of nitrogens with zero attached hydrogens (tertiary/aromatic N) is 7. The van der Waals surface area contributed by atoms with E-state index < -0.39 is 11.7 Å². The average Bonchev–Trinajstić information content (AvgIpc) is 3.31. The molecular formula is C26H32F3N7O. The fraction of sp³-hybridized carbons (Fsp3) is 0.577. The van der Waals surface area contributed by atoms with Gasteiger partial charge in [-0.25, -0.2) is 0 Å². The van der Waals surface area contributed by atoms with Crippen LogP contribution in [0.25, 0.3) is 0 Å². The van der Waals surface area contributed by atoms with E-state index in [0.717, 1.165) is 63.0 Å². The lowest BCUT2D eigenvalue weighted by Gasteiger charge is -2.37. The third-order valence-corrected chi connectivity index (χ3v) is 7.62. The van der Waals surface area contributed by atoms with Crippen LogP contribution in [0.4, 0.5) is 24.7 Å². The zero-order chi connectivity index (χ0) is 26.0. The van der Waals surface area contributed by atoms with Crippen LogP contribution in [-0.4, -0.2) is 85.3 Å². The molecule has 0 amide bonds. The van der Waals surface area contributed by atoms with Crippen molar-refractivity contribution in [3.8, 4) is 12.1 Å². The van der Waals surface area contributed by atoms with Crippen molar-refractivity contribution in [1.82, 2.24) is 19.8 Å². The molecular weight excluding hydrogens is 483 g/mol. The van der Waals surface area contributed by atoms with Crippen molar-refractivity contribution in [1.29, 1.82) is 5.26 Å². The topological polar surface area (TPSA) is 71.8 Å². The van der Waals surface area contributed by atoms with E-state index in [1.807, 2.05) is 0 Å². The summed E-state index contributed by atoms with van der Waals surface area (Å²) in [7, 11) is 2.08. The maximum absolute atomic E-state index is 13.7. The maximum Gasteiger partial charge on any atom is 0.418 e. The first-order valence-corrected chi connectivity index (χ1v) is 12.8. The Hall–Kier alpha value is -3.10. The number of likely N-dealkylation sites (N-methyl/N-ethyl adjacent to an activating group) is 1. The number of hydrogen-bond donors (Lipinski definition) is 0. The molecule has 8 nitrogen and oxygen atoms in total. The van der Waals surface area contributed by atoms with E-state index in [0.29, 0.717) is 37.9 Å². The standard InChI is InChI=1S/C26H32F3N7O/c1-33-10-4-5-19(33)18-37-25-31-22-17-36(23-7-3-2-6-21(23)26(27,28)29)11-8-20(22)24(32-25)35-15-13-34(12-9-30)14-16-35/h2-3,6-7,19H,4-5,8,10-18H2,1H3/t19-/m0/s1. The fourth-order valence-corrected chi connectivity index (χ4v) is 5.49. The number of rotatable bonds is 6. The van der Waals surface area contributed by atoms with Crippen molar-refractivity contribution < 1.29 is 17.9 Å². The predicted molar refractivity (Wildman–Crippen MR) is 134 cm³/mol. The second-order valence-corrected chi connectivity index (χ2v) is 9.95. The molecule has 198 valence electrons. The number of likely N-dealkylation sites (tertiary alicyclic amines) is 1. The minimum atomic E-state index is -4.43. The molecule has 0 saturated carbocycles. The number of benzene rings is 1. The number of alkyl halides is 3. The highest BCUT2D eigenvalue weighted by atomic mass is 19.4. The normalized spacial score (nSPS) is 21.1. The Morgan fingerprint density at radius 1 is 1.05 bits per heavy atom. The monoisotopic (exact) mass is 515 g/mol. The van der Waals surface area contributed by atoms with E-state index in [1.165, 1.54) is 12.1 Å². The Labute approximate surface area is 215 Å². The zero-order valence-electron chi connectivity index (χ0n) is 21.0. The number of para-hydroxylation sites is 1. The highest BCUT2D eigenvalue weighted by Gasteiger charge is 2.36. The number of aromatic nitrogens is 2. The van der Waals surface area contributed by atoms with Gasteiger partial charge in [0.2, 0.25) is 0 Å². The molecule has 0 unspecified atom stereocenters. The summed E-state index contributed by atoms with van der Waals surface area (Å²) in [4.78, 5) is 17.8. The van der Waals surface area contributed by atoms with E-state index >= 15 is 0 Å². The van der Waals surface area contributed by atoms with Gasteiger partial charge in [0.25, 0.3) is 0 Å². The number of fused-ring (bicyclic) bond motifs is 1. The van der Waals surface area contributed by atoms with Crippen molar-refractivity contribution in [2.75, 3.05) is 69.3 Å². The highest BCUT2D eigenvalue weighted by molar-refractivity contribution is 5.59. The quantitative estimate of drug-likeness (QED) is 0.544. The molecule has 2 saturated heterocycles. The molecule has 1 aromatic carbocycles. The molecule has 0 spiro atoms. The third-order valence-electron chi connectivity index (χ3n) is 7.62. The minimum Gasteiger partial charge on any atom is -0.462 e. The van der Waals surface area contributed by atoms with Crippen molar-refractivity contribution in [3.63, 3.8) is 0 Å². The highest BCUT2D eigenvalue weighted by Crippen LogP contribution is 2.39. The summed E-state index contributed by atoms with van der Waals surface area (Å²) < 4.78 is 47.3. The molecule has 4 heterocycles. The molecule has 0 N–H and O–H groups in total. The number of piperazine rings is 1. The summed E-state index contributed by atoms with van der Waals surface area (Å²) >= 11 is 0. The van der Waals surface area contributed by atoms with Gasteiger partial charge in [-0.3, -0.25) is 4.90 Å². The van der Waals surface area contributed by atoms with Gasteiger partial charge in [0, 0.05) is 50.0 Å². The first kappa shape index (κ1) is 25.5. The van der Waals surface area contributed by atoms with Gasteiger partial charge < -0.3 is 19.4 Å². The Morgan fingerprint density at radius 3 is 2.54 bits per heavy atom. The van der Waals surface area contributed by atoms with Crippen LogP contribution in [0.15, 0.2) is 24.3 Å². The molecule has 0 bridgehead atoms. The van der Waals surface area contributed by atoms with Gasteiger partial charge in [-0.2, -0.15) is 28.4 Å². The number of ether oxygens (including phenoxy) is 1. The van der Waals surface area contributed by atoms with Gasteiger partial charge >= 0.3 is 12.2 Å². The van der Waals surface area contributed by atoms with Crippen LogP contribution < -0.4 is 14.5 Å². The molecule has 1 aromatic heterocycles. The Morgan fingerprint density at radius 2 is 1.84 bits per heavy atom. The second kappa shape index (κ2) is 10.7. The van der Waals surface area contributed by atoms with Crippen LogP contribution in [0.1, 0.15) is 29.7 Å². The molecule has 0 radical (unpaired) electrons. The summed E-state index contributed by atoms with van der Waals surface area (Å²) in [5.41, 5.74) is 1.21. The fourth-order valence-electron chi connectivity index (χ4n) is 5.49. The van der Waals surface area contributed by atoms with Gasteiger partial charge in [0.1, 0.15) is 12.4 Å². The molecule has 3 aliphatic rings. The molecule has 5 rings (SSSR count). The predicted octanol–water partition coefficient (Wildman–Crippen LogP) is 3.18. The SMILES string of the molecule is CN1CCC[C@H]1COc1nc2c(c(N3CCN(CC#N)CC3)n1)CCN(c1ccccc1C(F)(F)F)C2. The van der Waals surface area contributed by atoms with Crippen LogP contribution in [0.3, 0.4) is 0 Å². The first-order chi connectivity index (χ1) is 17.8. The summed E-state index contributed by atoms with van der Waals surface area (Å²) in [6, 6.07) is 8.49. The van der Waals surface area contributed by atoms with Gasteiger partial charge in [0.05, 0.1) is 30.4 Å². The van der Waals surface area contributed by atoms with Gasteiger partial charge in [0.15, 0.2) is 0 Å². The van der Waals surface area contributed by atoms with Crippen LogP contribution in [0, 0.1) is 11.3 Å². The average molecular weight is 516 g/mol. The van der Waals surface area contributed by atoms with E-state index in [-0.39, 0.29) is 18.2 Å². The molecule has 2 aromatic rings. The minimum absolute atomic E-state index is 0.168. The molecule has 11 heteroatoms. The number of halogens is 3. The van der Waals surface area contributed by atoms with Crippen LogP contribution in [0.2, 0.25) is 0 Å². The van der Waals surface area contributed by atoms with E-state index in [1.54, 1.807) is 11.0 Å². The van der Waals surface area contributed by atoms with Crippen molar-refractivity contribution in [2.24, 2.45) is 0 Å². The second-order valence-electron chi connectivity index (χ2n) is 9.95. The van der Waals surface area contributed by atoms with Crippen LogP contribution in [-0.2, 0) is 19.1 Å². The smallest absolute Gasteiger partial charge is 0.418 e. The lowest BCUT2D eigenvalue weighted by molar-refractivity contribution is -0.137. The number of nitriles is 1. The van der Waals surface area contributed by atoms with Crippen molar-refractivity contribution >= 4 is 11.5 Å². The maximum atomic E-state index is 13.7. The Kier molecular flexibility index (Phi) is 7.40. The summed E-state index contributed by atoms with van der Waals surface area (Å²) in [5, 5.41) is 9.03. The van der Waals surface area contributed by atoms with E-state index in [2.05, 4.69) is 27.8 Å². The van der Waals surface area contributed by atoms with Crippen molar-refractivity contribution in [2.45, 2.75) is 38.0 Å². The molecule has 1 atom stereocenters. The zero-order valence-corrected chi connectivity index (χ0v) is 21.0. The van der Waals surface area contributed by atoms with Crippen LogP contribution in [0.5, 0.6) is 6.01 Å².